The van der Waals surface area contributed by atoms with Crippen molar-refractivity contribution in [1.29, 1.82) is 5.41 Å². The summed E-state index contributed by atoms with van der Waals surface area (Å²) in [6, 6.07) is 17.1. The number of halogens is 1. The van der Waals surface area contributed by atoms with E-state index in [1.165, 1.54) is 12.1 Å². The number of rotatable bonds is 4. The molecule has 6 heteroatoms. The first-order chi connectivity index (χ1) is 14.1. The molecule has 0 fully saturated rings. The molecule has 0 aliphatic heterocycles. The van der Waals surface area contributed by atoms with Gasteiger partial charge in [-0.25, -0.2) is 14.4 Å². The van der Waals surface area contributed by atoms with Crippen molar-refractivity contribution in [2.75, 3.05) is 5.32 Å². The molecule has 0 saturated heterocycles. The zero-order valence-corrected chi connectivity index (χ0v) is 15.4. The maximum Gasteiger partial charge on any atom is 0.270 e. The first-order valence-electron chi connectivity index (χ1n) is 8.96. The monoisotopic (exact) mass is 385 g/mol. The Labute approximate surface area is 167 Å². The molecular formula is C23H18FN4O+. The predicted octanol–water partition coefficient (Wildman–Crippen LogP) is 4.47. The number of benzene rings is 2. The minimum absolute atomic E-state index is 0.279. The Balaban J connectivity index is 1.66. The van der Waals surface area contributed by atoms with Gasteiger partial charge in [-0.1, -0.05) is 24.3 Å². The van der Waals surface area contributed by atoms with Crippen LogP contribution in [-0.4, -0.2) is 20.8 Å². The largest absolute Gasteiger partial charge is 0.592 e. The van der Waals surface area contributed by atoms with E-state index in [9.17, 15) is 4.39 Å². The molecule has 0 bridgehead atoms. The van der Waals surface area contributed by atoms with Gasteiger partial charge < -0.3 is 10.4 Å². The number of allylic oxidation sites excluding steroid dienone is 5. The molecular weight excluding hydrogens is 367 g/mol. The minimum atomic E-state index is -0.311. The van der Waals surface area contributed by atoms with E-state index in [1.54, 1.807) is 42.6 Å². The van der Waals surface area contributed by atoms with E-state index in [-0.39, 0.29) is 17.3 Å². The Morgan fingerprint density at radius 1 is 0.966 bits per heavy atom. The highest BCUT2D eigenvalue weighted by atomic mass is 19.1. The zero-order valence-electron chi connectivity index (χ0n) is 15.4. The van der Waals surface area contributed by atoms with E-state index in [1.807, 2.05) is 30.3 Å². The second-order valence-corrected chi connectivity index (χ2v) is 6.40. The summed E-state index contributed by atoms with van der Waals surface area (Å²) in [5.41, 5.74) is 3.67. The van der Waals surface area contributed by atoms with Crippen LogP contribution in [0.3, 0.4) is 0 Å². The first kappa shape index (κ1) is 18.3. The van der Waals surface area contributed by atoms with Crippen LogP contribution in [0, 0.1) is 11.2 Å². The summed E-state index contributed by atoms with van der Waals surface area (Å²) in [5, 5.41) is 19.7. The molecule has 0 atom stereocenters. The van der Waals surface area contributed by atoms with Crippen LogP contribution < -0.4 is 5.32 Å². The van der Waals surface area contributed by atoms with E-state index in [0.717, 1.165) is 11.1 Å². The number of hydrogen-bond donors (Lipinski definition) is 2. The lowest BCUT2D eigenvalue weighted by molar-refractivity contribution is 0.510. The third-order valence-corrected chi connectivity index (χ3v) is 4.40. The highest BCUT2D eigenvalue weighted by molar-refractivity contribution is 6.16. The Morgan fingerprint density at radius 2 is 1.72 bits per heavy atom. The van der Waals surface area contributed by atoms with E-state index in [4.69, 9.17) is 10.5 Å². The van der Waals surface area contributed by atoms with Crippen molar-refractivity contribution in [2.24, 2.45) is 0 Å². The SMILES string of the molecule is N=C1C=CC(c2ccnc(Nc3ccc(F)cc3)n2)=C/C1=C(/[OH2+])c1ccccc1. The van der Waals surface area contributed by atoms with Gasteiger partial charge >= 0.3 is 0 Å². The van der Waals surface area contributed by atoms with Gasteiger partial charge in [0.15, 0.2) is 0 Å². The standard InChI is InChI=1S/C23H17FN4O/c24-17-7-9-18(10-8-17)27-23-26-13-12-21(28-23)16-6-11-20(25)19(14-16)22(29)15-4-2-1-3-5-15/h1-14,25,29H,(H,26,27,28)/p+1/b22-19-,25-20?. The van der Waals surface area contributed by atoms with E-state index in [2.05, 4.69) is 15.3 Å². The molecule has 29 heavy (non-hydrogen) atoms. The summed E-state index contributed by atoms with van der Waals surface area (Å²) < 4.78 is 13.1. The van der Waals surface area contributed by atoms with Crippen LogP contribution in [0.2, 0.25) is 0 Å². The average Bonchev–Trinajstić information content (AvgIpc) is 2.76. The summed E-state index contributed by atoms with van der Waals surface area (Å²) >= 11 is 0. The van der Waals surface area contributed by atoms with Crippen LogP contribution in [0.25, 0.3) is 11.3 Å². The molecule has 1 aromatic heterocycles. The molecule has 4 rings (SSSR count). The van der Waals surface area contributed by atoms with Crippen LogP contribution in [0.1, 0.15) is 11.3 Å². The highest BCUT2D eigenvalue weighted by Gasteiger charge is 2.19. The van der Waals surface area contributed by atoms with Gasteiger partial charge in [0.1, 0.15) is 5.82 Å². The van der Waals surface area contributed by atoms with Gasteiger partial charge in [0.2, 0.25) is 5.95 Å². The predicted molar refractivity (Wildman–Crippen MR) is 114 cm³/mol. The molecule has 0 unspecified atom stereocenters. The number of aromatic nitrogens is 2. The molecule has 5 nitrogen and oxygen atoms in total. The zero-order chi connectivity index (χ0) is 20.2. The smallest absolute Gasteiger partial charge is 0.270 e. The summed E-state index contributed by atoms with van der Waals surface area (Å²) in [6.45, 7) is 0. The molecule has 0 amide bonds. The first-order valence-corrected chi connectivity index (χ1v) is 8.96. The fraction of sp³-hybridized carbons (Fsp3) is 0. The van der Waals surface area contributed by atoms with Crippen molar-refractivity contribution in [1.82, 2.24) is 9.97 Å². The quantitative estimate of drug-likeness (QED) is 0.513. The van der Waals surface area contributed by atoms with Crippen molar-refractivity contribution >= 4 is 28.7 Å². The Morgan fingerprint density at radius 3 is 2.48 bits per heavy atom. The number of nitrogens with one attached hydrogen (secondary N) is 2. The molecule has 4 N–H and O–H groups in total. The van der Waals surface area contributed by atoms with Crippen LogP contribution >= 0.6 is 0 Å². The lowest BCUT2D eigenvalue weighted by Crippen LogP contribution is -2.06. The van der Waals surface area contributed by atoms with E-state index < -0.39 is 0 Å². The maximum absolute atomic E-state index is 13.1. The summed E-state index contributed by atoms with van der Waals surface area (Å²) in [6.07, 6.45) is 6.89. The molecule has 1 heterocycles. The molecule has 0 spiro atoms. The lowest BCUT2D eigenvalue weighted by Gasteiger charge is -2.12. The molecule has 3 aromatic rings. The van der Waals surface area contributed by atoms with Gasteiger partial charge in [0.25, 0.3) is 5.76 Å². The molecule has 2 aromatic carbocycles. The Hall–Kier alpha value is -4.06. The van der Waals surface area contributed by atoms with Gasteiger partial charge in [-0.3, -0.25) is 5.41 Å². The van der Waals surface area contributed by atoms with E-state index >= 15 is 0 Å². The number of anilines is 2. The minimum Gasteiger partial charge on any atom is -0.592 e. The maximum atomic E-state index is 13.1. The fourth-order valence-corrected chi connectivity index (χ4v) is 2.91. The second kappa shape index (κ2) is 7.90. The fourth-order valence-electron chi connectivity index (χ4n) is 2.91. The number of nitrogens with zero attached hydrogens (tertiary/aromatic N) is 2. The topological polar surface area (TPSA) is 84.6 Å². The molecule has 1 aliphatic rings. The molecule has 0 saturated carbocycles. The summed E-state index contributed by atoms with van der Waals surface area (Å²) in [7, 11) is 0. The third-order valence-electron chi connectivity index (χ3n) is 4.40. The van der Waals surface area contributed by atoms with Crippen LogP contribution in [0.4, 0.5) is 16.0 Å². The van der Waals surface area contributed by atoms with Crippen molar-refractivity contribution in [3.63, 3.8) is 0 Å². The average molecular weight is 385 g/mol. The van der Waals surface area contributed by atoms with Gasteiger partial charge in [-0.2, -0.15) is 0 Å². The van der Waals surface area contributed by atoms with Crippen LogP contribution in [-0.2, 0) is 0 Å². The van der Waals surface area contributed by atoms with Crippen LogP contribution in [0.15, 0.2) is 90.7 Å². The molecule has 1 aliphatic carbocycles. The van der Waals surface area contributed by atoms with Crippen molar-refractivity contribution in [3.05, 3.63) is 108 Å². The summed E-state index contributed by atoms with van der Waals surface area (Å²) in [5.74, 6) is 0.356. The second-order valence-electron chi connectivity index (χ2n) is 6.40. The van der Waals surface area contributed by atoms with Crippen molar-refractivity contribution in [2.45, 2.75) is 0 Å². The number of hydrogen-bond acceptors (Lipinski definition) is 4. The summed E-state index contributed by atoms with van der Waals surface area (Å²) in [4.78, 5) is 8.73. The van der Waals surface area contributed by atoms with Crippen LogP contribution in [0.5, 0.6) is 0 Å². The lowest BCUT2D eigenvalue weighted by atomic mass is 9.95. The van der Waals surface area contributed by atoms with Crippen molar-refractivity contribution < 1.29 is 9.50 Å². The Kier molecular flexibility index (Phi) is 4.99. The van der Waals surface area contributed by atoms with E-state index in [0.29, 0.717) is 22.9 Å². The normalized spacial score (nSPS) is 15.1. The van der Waals surface area contributed by atoms with Gasteiger partial charge in [0.05, 0.1) is 22.5 Å². The van der Waals surface area contributed by atoms with Gasteiger partial charge in [-0.05, 0) is 54.6 Å². The highest BCUT2D eigenvalue weighted by Crippen LogP contribution is 2.27. The third kappa shape index (κ3) is 4.11. The van der Waals surface area contributed by atoms with Gasteiger partial charge in [-0.15, -0.1) is 0 Å². The molecule has 0 radical (unpaired) electrons. The Bertz CT molecular complexity index is 1150. The molecule has 142 valence electrons. The van der Waals surface area contributed by atoms with Gasteiger partial charge in [0, 0.05) is 17.5 Å². The van der Waals surface area contributed by atoms with Crippen molar-refractivity contribution in [3.8, 4) is 0 Å².